The van der Waals surface area contributed by atoms with Crippen LogP contribution in [-0.2, 0) is 6.61 Å². The van der Waals surface area contributed by atoms with E-state index >= 15 is 0 Å². The Morgan fingerprint density at radius 2 is 1.77 bits per heavy atom. The van der Waals surface area contributed by atoms with Crippen LogP contribution in [0.4, 0.5) is 0 Å². The average molecular weight is 490 g/mol. The van der Waals surface area contributed by atoms with Crippen LogP contribution < -0.4 is 10.4 Å². The molecular formula is C25H16BrNO3S. The molecule has 5 aromatic rings. The lowest BCUT2D eigenvalue weighted by molar-refractivity contribution is 0.306. The van der Waals surface area contributed by atoms with Crippen LogP contribution >= 0.6 is 27.3 Å². The second-order valence-corrected chi connectivity index (χ2v) is 8.74. The SMILES string of the molecule is O=c1oc2cc(OCc3ccc(Br)cc3)ccc2cc1-c1nc(-c2ccccc2)cs1. The molecule has 2 heterocycles. The normalized spacial score (nSPS) is 11.0. The van der Waals surface area contributed by atoms with Crippen molar-refractivity contribution in [3.05, 3.63) is 105 Å². The summed E-state index contributed by atoms with van der Waals surface area (Å²) in [6.45, 7) is 0.433. The van der Waals surface area contributed by atoms with Crippen LogP contribution in [0.5, 0.6) is 5.75 Å². The van der Waals surface area contributed by atoms with Crippen LogP contribution in [0.25, 0.3) is 32.8 Å². The van der Waals surface area contributed by atoms with Gasteiger partial charge in [-0.15, -0.1) is 11.3 Å². The molecule has 4 nitrogen and oxygen atoms in total. The van der Waals surface area contributed by atoms with Crippen molar-refractivity contribution in [3.63, 3.8) is 0 Å². The lowest BCUT2D eigenvalue weighted by Gasteiger charge is -2.07. The number of halogens is 1. The van der Waals surface area contributed by atoms with Crippen LogP contribution in [0.1, 0.15) is 5.56 Å². The number of hydrogen-bond donors (Lipinski definition) is 0. The van der Waals surface area contributed by atoms with E-state index in [9.17, 15) is 4.79 Å². The molecule has 3 aromatic carbocycles. The van der Waals surface area contributed by atoms with E-state index in [4.69, 9.17) is 9.15 Å². The van der Waals surface area contributed by atoms with E-state index in [1.165, 1.54) is 11.3 Å². The summed E-state index contributed by atoms with van der Waals surface area (Å²) in [4.78, 5) is 17.3. The number of aromatic nitrogens is 1. The van der Waals surface area contributed by atoms with Gasteiger partial charge in [0.2, 0.25) is 0 Å². The number of ether oxygens (including phenoxy) is 1. The van der Waals surface area contributed by atoms with E-state index in [0.717, 1.165) is 26.7 Å². The molecule has 2 aromatic heterocycles. The van der Waals surface area contributed by atoms with Crippen LogP contribution in [0.3, 0.4) is 0 Å². The first kappa shape index (κ1) is 19.7. The molecule has 0 fully saturated rings. The van der Waals surface area contributed by atoms with E-state index in [2.05, 4.69) is 20.9 Å². The first-order valence-corrected chi connectivity index (χ1v) is 11.3. The Morgan fingerprint density at radius 3 is 2.58 bits per heavy atom. The predicted molar refractivity (Wildman–Crippen MR) is 128 cm³/mol. The van der Waals surface area contributed by atoms with Gasteiger partial charge in [-0.3, -0.25) is 0 Å². The smallest absolute Gasteiger partial charge is 0.346 e. The Labute approximate surface area is 190 Å². The molecule has 0 aliphatic heterocycles. The van der Waals surface area contributed by atoms with Crippen molar-refractivity contribution in [2.24, 2.45) is 0 Å². The fraction of sp³-hybridized carbons (Fsp3) is 0.0400. The summed E-state index contributed by atoms with van der Waals surface area (Å²) in [7, 11) is 0. The Kier molecular flexibility index (Phi) is 5.40. The first-order valence-electron chi connectivity index (χ1n) is 9.62. The second kappa shape index (κ2) is 8.49. The van der Waals surface area contributed by atoms with Crippen LogP contribution in [0.15, 0.2) is 97.9 Å². The first-order chi connectivity index (χ1) is 15.2. The molecule has 0 atom stereocenters. The van der Waals surface area contributed by atoms with Crippen molar-refractivity contribution < 1.29 is 9.15 Å². The van der Waals surface area contributed by atoms with E-state index in [-0.39, 0.29) is 0 Å². The topological polar surface area (TPSA) is 52.3 Å². The molecule has 0 saturated carbocycles. The zero-order valence-corrected chi connectivity index (χ0v) is 18.7. The monoisotopic (exact) mass is 489 g/mol. The summed E-state index contributed by atoms with van der Waals surface area (Å²) in [6, 6.07) is 25.2. The van der Waals surface area contributed by atoms with E-state index in [1.54, 1.807) is 6.07 Å². The maximum Gasteiger partial charge on any atom is 0.346 e. The lowest BCUT2D eigenvalue weighted by atomic mass is 10.1. The van der Waals surface area contributed by atoms with E-state index in [1.807, 2.05) is 78.2 Å². The lowest BCUT2D eigenvalue weighted by Crippen LogP contribution is -2.02. The van der Waals surface area contributed by atoms with Crippen molar-refractivity contribution in [2.45, 2.75) is 6.61 Å². The molecule has 31 heavy (non-hydrogen) atoms. The minimum absolute atomic E-state index is 0.411. The fourth-order valence-corrected chi connectivity index (χ4v) is 4.31. The van der Waals surface area contributed by atoms with Crippen molar-refractivity contribution in [1.82, 2.24) is 4.98 Å². The van der Waals surface area contributed by atoms with E-state index in [0.29, 0.717) is 28.5 Å². The molecule has 0 amide bonds. The summed E-state index contributed by atoms with van der Waals surface area (Å²) in [5.41, 5.74) is 3.45. The molecule has 0 N–H and O–H groups in total. The number of fused-ring (bicyclic) bond motifs is 1. The van der Waals surface area contributed by atoms with Gasteiger partial charge in [-0.1, -0.05) is 58.4 Å². The minimum atomic E-state index is -0.411. The van der Waals surface area contributed by atoms with Gasteiger partial charge in [0.1, 0.15) is 22.9 Å². The molecule has 0 aliphatic rings. The molecular weight excluding hydrogens is 474 g/mol. The highest BCUT2D eigenvalue weighted by molar-refractivity contribution is 9.10. The van der Waals surface area contributed by atoms with Gasteiger partial charge in [-0.25, -0.2) is 9.78 Å². The Morgan fingerprint density at radius 1 is 0.968 bits per heavy atom. The van der Waals surface area contributed by atoms with Gasteiger partial charge in [-0.05, 0) is 35.9 Å². The molecule has 0 bridgehead atoms. The quantitative estimate of drug-likeness (QED) is 0.251. The molecule has 5 rings (SSSR count). The average Bonchev–Trinajstić information content (AvgIpc) is 3.29. The Hall–Kier alpha value is -3.22. The third kappa shape index (κ3) is 4.31. The Bertz CT molecular complexity index is 1410. The van der Waals surface area contributed by atoms with E-state index < -0.39 is 5.63 Å². The fourth-order valence-electron chi connectivity index (χ4n) is 3.22. The van der Waals surface area contributed by atoms with Crippen molar-refractivity contribution in [2.75, 3.05) is 0 Å². The second-order valence-electron chi connectivity index (χ2n) is 6.97. The molecule has 0 spiro atoms. The van der Waals surface area contributed by atoms with Gasteiger partial charge in [0, 0.05) is 26.9 Å². The number of benzene rings is 3. The van der Waals surface area contributed by atoms with Gasteiger partial charge < -0.3 is 9.15 Å². The number of rotatable bonds is 5. The molecule has 6 heteroatoms. The molecule has 0 saturated heterocycles. The van der Waals surface area contributed by atoms with Crippen LogP contribution in [0.2, 0.25) is 0 Å². The summed E-state index contributed by atoms with van der Waals surface area (Å²) >= 11 is 4.86. The maximum atomic E-state index is 12.7. The molecule has 0 aliphatic carbocycles. The Balaban J connectivity index is 1.41. The molecule has 0 unspecified atom stereocenters. The molecule has 0 radical (unpaired) electrons. The summed E-state index contributed by atoms with van der Waals surface area (Å²) in [5.74, 6) is 0.645. The maximum absolute atomic E-state index is 12.7. The number of hydrogen-bond acceptors (Lipinski definition) is 5. The standard InChI is InChI=1S/C25H16BrNO3S/c26-19-9-6-16(7-10-19)14-29-20-11-8-18-12-21(25(28)30-23(18)13-20)24-27-22(15-31-24)17-4-2-1-3-5-17/h1-13,15H,14H2. The zero-order chi connectivity index (χ0) is 21.2. The van der Waals surface area contributed by atoms with Gasteiger partial charge in [-0.2, -0.15) is 0 Å². The highest BCUT2D eigenvalue weighted by atomic mass is 79.9. The van der Waals surface area contributed by atoms with Crippen molar-refractivity contribution in [1.29, 1.82) is 0 Å². The van der Waals surface area contributed by atoms with Crippen LogP contribution in [0, 0.1) is 0 Å². The van der Waals surface area contributed by atoms with Crippen molar-refractivity contribution in [3.8, 4) is 27.6 Å². The largest absolute Gasteiger partial charge is 0.489 e. The third-order valence-corrected chi connectivity index (χ3v) is 6.23. The van der Waals surface area contributed by atoms with Crippen molar-refractivity contribution >= 4 is 38.2 Å². The summed E-state index contributed by atoms with van der Waals surface area (Å²) in [5, 5.41) is 3.42. The van der Waals surface area contributed by atoms with Gasteiger partial charge >= 0.3 is 5.63 Å². The highest BCUT2D eigenvalue weighted by Gasteiger charge is 2.13. The van der Waals surface area contributed by atoms with Gasteiger partial charge in [0.05, 0.1) is 11.3 Å². The van der Waals surface area contributed by atoms with Gasteiger partial charge in [0.25, 0.3) is 0 Å². The molecule has 152 valence electrons. The third-order valence-electron chi connectivity index (χ3n) is 4.83. The van der Waals surface area contributed by atoms with Gasteiger partial charge in [0.15, 0.2) is 0 Å². The summed E-state index contributed by atoms with van der Waals surface area (Å²) in [6.07, 6.45) is 0. The van der Waals surface area contributed by atoms with Crippen LogP contribution in [-0.4, -0.2) is 4.98 Å². The minimum Gasteiger partial charge on any atom is -0.489 e. The zero-order valence-electron chi connectivity index (χ0n) is 16.2. The number of nitrogens with zero attached hydrogens (tertiary/aromatic N) is 1. The highest BCUT2D eigenvalue weighted by Crippen LogP contribution is 2.29. The predicted octanol–water partition coefficient (Wildman–Crippen LogP) is 6.93. The number of thiazole rings is 1. The summed E-state index contributed by atoms with van der Waals surface area (Å²) < 4.78 is 12.5.